The van der Waals surface area contributed by atoms with Gasteiger partial charge in [-0.25, -0.2) is 0 Å². The molecule has 0 N–H and O–H groups in total. The minimum Gasteiger partial charge on any atom is -0.264 e. The third-order valence-corrected chi connectivity index (χ3v) is 2.67. The summed E-state index contributed by atoms with van der Waals surface area (Å²) in [5.41, 5.74) is 2.56. The minimum atomic E-state index is 0.476. The predicted molar refractivity (Wildman–Crippen MR) is 63.8 cm³/mol. The zero-order valence-corrected chi connectivity index (χ0v) is 9.76. The summed E-state index contributed by atoms with van der Waals surface area (Å²) < 4.78 is 1.74. The Morgan fingerprint density at radius 3 is 2.71 bits per heavy atom. The van der Waals surface area contributed by atoms with Crippen LogP contribution in [0.1, 0.15) is 5.56 Å². The zero-order chi connectivity index (χ0) is 11.8. The van der Waals surface area contributed by atoms with Gasteiger partial charge in [0.25, 0.3) is 0 Å². The van der Waals surface area contributed by atoms with E-state index in [-0.39, 0.29) is 0 Å². The molecule has 17 heavy (non-hydrogen) atoms. The highest BCUT2D eigenvalue weighted by atomic mass is 35.5. The Hall–Kier alpha value is -2.01. The number of fused-ring (bicyclic) bond motifs is 1. The van der Waals surface area contributed by atoms with E-state index in [1.54, 1.807) is 29.2 Å². The van der Waals surface area contributed by atoms with Crippen LogP contribution in [-0.2, 0) is 0 Å². The van der Waals surface area contributed by atoms with Crippen molar-refractivity contribution in [1.29, 1.82) is 0 Å². The van der Waals surface area contributed by atoms with Gasteiger partial charge in [0.1, 0.15) is 5.15 Å². The van der Waals surface area contributed by atoms with Crippen molar-refractivity contribution >= 4 is 17.2 Å². The lowest BCUT2D eigenvalue weighted by Crippen LogP contribution is -1.93. The van der Waals surface area contributed by atoms with Gasteiger partial charge in [-0.2, -0.15) is 0 Å². The average Bonchev–Trinajstić information content (AvgIpc) is 2.74. The van der Waals surface area contributed by atoms with E-state index in [0.717, 1.165) is 11.1 Å². The molecule has 0 fully saturated rings. The van der Waals surface area contributed by atoms with Gasteiger partial charge in [0.15, 0.2) is 11.5 Å². The minimum absolute atomic E-state index is 0.476. The second-order valence-corrected chi connectivity index (χ2v) is 4.09. The fourth-order valence-corrected chi connectivity index (χ4v) is 1.90. The van der Waals surface area contributed by atoms with Crippen LogP contribution in [0.5, 0.6) is 0 Å². The number of rotatable bonds is 1. The molecule has 0 bridgehead atoms. The van der Waals surface area contributed by atoms with Crippen LogP contribution in [0, 0.1) is 6.92 Å². The molecule has 0 atom stereocenters. The number of aromatic nitrogens is 5. The fraction of sp³-hybridized carbons (Fsp3) is 0.0909. The number of hydrogen-bond donors (Lipinski definition) is 0. The molecule has 0 amide bonds. The Bertz CT molecular complexity index is 691. The van der Waals surface area contributed by atoms with Crippen molar-refractivity contribution in [2.75, 3.05) is 0 Å². The number of halogens is 1. The van der Waals surface area contributed by atoms with Gasteiger partial charge in [-0.15, -0.1) is 10.2 Å². The van der Waals surface area contributed by atoms with Gasteiger partial charge in [-0.3, -0.25) is 14.4 Å². The lowest BCUT2D eigenvalue weighted by molar-refractivity contribution is 1.10. The van der Waals surface area contributed by atoms with Crippen LogP contribution in [0.25, 0.3) is 17.0 Å². The number of aryl methyl sites for hydroxylation is 1. The summed E-state index contributed by atoms with van der Waals surface area (Å²) in [5.74, 6) is 0.670. The van der Waals surface area contributed by atoms with E-state index >= 15 is 0 Å². The Labute approximate surface area is 102 Å². The van der Waals surface area contributed by atoms with Crippen molar-refractivity contribution in [2.24, 2.45) is 0 Å². The second kappa shape index (κ2) is 3.78. The molecule has 3 rings (SSSR count). The fourth-order valence-electron chi connectivity index (χ4n) is 1.68. The van der Waals surface area contributed by atoms with Gasteiger partial charge in [-0.05, 0) is 18.6 Å². The molecule has 0 spiro atoms. The van der Waals surface area contributed by atoms with Gasteiger partial charge in [0, 0.05) is 18.0 Å². The largest absolute Gasteiger partial charge is 0.264 e. The van der Waals surface area contributed by atoms with Crippen molar-refractivity contribution in [3.63, 3.8) is 0 Å². The molecule has 0 aliphatic rings. The first-order valence-electron chi connectivity index (χ1n) is 5.02. The van der Waals surface area contributed by atoms with Crippen molar-refractivity contribution in [3.8, 4) is 11.4 Å². The summed E-state index contributed by atoms with van der Waals surface area (Å²) in [6.07, 6.45) is 6.70. The highest BCUT2D eigenvalue weighted by Gasteiger charge is 2.11. The first kappa shape index (κ1) is 10.2. The van der Waals surface area contributed by atoms with E-state index in [1.165, 1.54) is 0 Å². The van der Waals surface area contributed by atoms with Crippen molar-refractivity contribution in [1.82, 2.24) is 24.6 Å². The van der Waals surface area contributed by atoms with Crippen molar-refractivity contribution < 1.29 is 0 Å². The molecule has 3 aromatic rings. The monoisotopic (exact) mass is 245 g/mol. The first-order valence-corrected chi connectivity index (χ1v) is 5.40. The smallest absolute Gasteiger partial charge is 0.180 e. The molecular weight excluding hydrogens is 238 g/mol. The quantitative estimate of drug-likeness (QED) is 0.659. The number of pyridine rings is 1. The van der Waals surface area contributed by atoms with Crippen LogP contribution in [0.3, 0.4) is 0 Å². The highest BCUT2D eigenvalue weighted by Crippen LogP contribution is 2.21. The molecular formula is C11H8ClN5. The lowest BCUT2D eigenvalue weighted by atomic mass is 10.2. The van der Waals surface area contributed by atoms with E-state index in [2.05, 4.69) is 20.2 Å². The topological polar surface area (TPSA) is 56.0 Å². The molecule has 84 valence electrons. The third kappa shape index (κ3) is 1.64. The van der Waals surface area contributed by atoms with Gasteiger partial charge in [0.05, 0.1) is 12.4 Å². The van der Waals surface area contributed by atoms with E-state index in [4.69, 9.17) is 11.6 Å². The van der Waals surface area contributed by atoms with Crippen LogP contribution >= 0.6 is 11.6 Å². The van der Waals surface area contributed by atoms with Crippen LogP contribution in [-0.4, -0.2) is 24.6 Å². The first-order chi connectivity index (χ1) is 8.25. The number of hydrogen-bond acceptors (Lipinski definition) is 4. The zero-order valence-electron chi connectivity index (χ0n) is 9.00. The summed E-state index contributed by atoms with van der Waals surface area (Å²) in [6, 6.07) is 1.99. The molecule has 0 radical (unpaired) electrons. The molecule has 0 unspecified atom stereocenters. The summed E-state index contributed by atoms with van der Waals surface area (Å²) in [6.45, 7) is 1.98. The van der Waals surface area contributed by atoms with Gasteiger partial charge < -0.3 is 0 Å². The summed E-state index contributed by atoms with van der Waals surface area (Å²) in [4.78, 5) is 8.10. The van der Waals surface area contributed by atoms with E-state index in [9.17, 15) is 0 Å². The normalized spacial score (nSPS) is 10.9. The van der Waals surface area contributed by atoms with E-state index < -0.39 is 0 Å². The molecule has 3 aromatic heterocycles. The molecule has 5 nitrogen and oxygen atoms in total. The number of nitrogens with zero attached hydrogens (tertiary/aromatic N) is 5. The standard InChI is InChI=1S/C11H8ClN5/c1-7-2-8(4-13-3-7)11-16-15-10-6-14-5-9(12)17(10)11/h2-6H,1H3. The van der Waals surface area contributed by atoms with Crippen LogP contribution < -0.4 is 0 Å². The van der Waals surface area contributed by atoms with Gasteiger partial charge in [0.2, 0.25) is 0 Å². The highest BCUT2D eigenvalue weighted by molar-refractivity contribution is 6.29. The Kier molecular flexibility index (Phi) is 2.26. The summed E-state index contributed by atoms with van der Waals surface area (Å²) in [7, 11) is 0. The van der Waals surface area contributed by atoms with Crippen LogP contribution in [0.2, 0.25) is 5.15 Å². The van der Waals surface area contributed by atoms with Crippen LogP contribution in [0.4, 0.5) is 0 Å². The predicted octanol–water partition coefficient (Wildman–Crippen LogP) is 2.15. The molecule has 0 aliphatic carbocycles. The Morgan fingerprint density at radius 2 is 1.88 bits per heavy atom. The van der Waals surface area contributed by atoms with Crippen molar-refractivity contribution in [2.45, 2.75) is 6.92 Å². The lowest BCUT2D eigenvalue weighted by Gasteiger charge is -2.01. The third-order valence-electron chi connectivity index (χ3n) is 2.41. The summed E-state index contributed by atoms with van der Waals surface area (Å²) >= 11 is 6.09. The summed E-state index contributed by atoms with van der Waals surface area (Å²) in [5, 5.41) is 8.62. The van der Waals surface area contributed by atoms with Crippen LogP contribution in [0.15, 0.2) is 30.9 Å². The van der Waals surface area contributed by atoms with E-state index in [1.807, 2.05) is 13.0 Å². The molecule has 0 saturated heterocycles. The van der Waals surface area contributed by atoms with Gasteiger partial charge >= 0.3 is 0 Å². The molecule has 3 heterocycles. The maximum atomic E-state index is 6.09. The SMILES string of the molecule is Cc1cncc(-c2nnc3cncc(Cl)n23)c1. The molecule has 0 aromatic carbocycles. The Morgan fingerprint density at radius 1 is 1.06 bits per heavy atom. The molecule has 6 heteroatoms. The van der Waals surface area contributed by atoms with Crippen molar-refractivity contribution in [3.05, 3.63) is 41.6 Å². The van der Waals surface area contributed by atoms with Gasteiger partial charge in [-0.1, -0.05) is 11.6 Å². The molecule has 0 saturated carbocycles. The second-order valence-electron chi connectivity index (χ2n) is 3.70. The molecule has 0 aliphatic heterocycles. The average molecular weight is 246 g/mol. The maximum Gasteiger partial charge on any atom is 0.180 e. The maximum absolute atomic E-state index is 6.09. The Balaban J connectivity index is 2.31. The van der Waals surface area contributed by atoms with E-state index in [0.29, 0.717) is 16.6 Å².